The maximum atomic E-state index is 8.32. The molecule has 0 aromatic rings. The molecule has 0 heterocycles. The highest BCUT2D eigenvalue weighted by molar-refractivity contribution is 4.93. The van der Waals surface area contributed by atoms with E-state index < -0.39 is 0 Å². The first-order valence-electron chi connectivity index (χ1n) is 6.03. The monoisotopic (exact) mass is 221 g/mol. The molecule has 0 saturated carbocycles. The van der Waals surface area contributed by atoms with Gasteiger partial charge in [-0.15, -0.1) is 6.58 Å². The number of unbranched alkanes of at least 4 members (excludes halogenated alkanes) is 4. The molecular formula is C14H23NO. The predicted molar refractivity (Wildman–Crippen MR) is 68.1 cm³/mol. The van der Waals surface area contributed by atoms with Gasteiger partial charge in [-0.1, -0.05) is 31.1 Å². The molecule has 0 aromatic heterocycles. The number of rotatable bonds is 11. The SMILES string of the molecule is C=CCCCCCCC(=C)COCCC#N. The van der Waals surface area contributed by atoms with Crippen LogP contribution >= 0.6 is 0 Å². The van der Waals surface area contributed by atoms with Gasteiger partial charge in [-0.3, -0.25) is 0 Å². The minimum Gasteiger partial charge on any atom is -0.376 e. The van der Waals surface area contributed by atoms with Gasteiger partial charge in [-0.25, -0.2) is 0 Å². The lowest BCUT2D eigenvalue weighted by atomic mass is 10.1. The van der Waals surface area contributed by atoms with E-state index in [2.05, 4.69) is 19.2 Å². The molecule has 0 rings (SSSR count). The van der Waals surface area contributed by atoms with E-state index in [0.717, 1.165) is 18.4 Å². The minimum atomic E-state index is 0.467. The zero-order valence-electron chi connectivity index (χ0n) is 10.2. The predicted octanol–water partition coefficient (Wildman–Crippen LogP) is 4.00. The van der Waals surface area contributed by atoms with Crippen molar-refractivity contribution in [1.82, 2.24) is 0 Å². The second-order valence-electron chi connectivity index (χ2n) is 3.95. The number of ether oxygens (including phenoxy) is 1. The summed E-state index contributed by atoms with van der Waals surface area (Å²) in [7, 11) is 0. The lowest BCUT2D eigenvalue weighted by molar-refractivity contribution is 0.160. The highest BCUT2D eigenvalue weighted by Crippen LogP contribution is 2.10. The van der Waals surface area contributed by atoms with E-state index in [1.54, 1.807) is 0 Å². The van der Waals surface area contributed by atoms with Crippen LogP contribution < -0.4 is 0 Å². The maximum Gasteiger partial charge on any atom is 0.0674 e. The van der Waals surface area contributed by atoms with Gasteiger partial charge in [0, 0.05) is 0 Å². The van der Waals surface area contributed by atoms with E-state index in [1.807, 2.05) is 6.08 Å². The van der Waals surface area contributed by atoms with Crippen molar-refractivity contribution in [3.8, 4) is 6.07 Å². The van der Waals surface area contributed by atoms with Gasteiger partial charge < -0.3 is 4.74 Å². The third-order valence-corrected chi connectivity index (χ3v) is 2.35. The molecule has 0 N–H and O–H groups in total. The Morgan fingerprint density at radius 1 is 1.25 bits per heavy atom. The molecule has 2 nitrogen and oxygen atoms in total. The van der Waals surface area contributed by atoms with E-state index >= 15 is 0 Å². The lowest BCUT2D eigenvalue weighted by Crippen LogP contribution is -1.98. The van der Waals surface area contributed by atoms with E-state index in [-0.39, 0.29) is 0 Å². The molecule has 0 amide bonds. The second-order valence-corrected chi connectivity index (χ2v) is 3.95. The van der Waals surface area contributed by atoms with Crippen LogP contribution in [0.1, 0.15) is 44.9 Å². The number of nitriles is 1. The molecule has 16 heavy (non-hydrogen) atoms. The summed E-state index contributed by atoms with van der Waals surface area (Å²) in [6.07, 6.45) is 9.57. The molecule has 0 radical (unpaired) electrons. The fourth-order valence-electron chi connectivity index (χ4n) is 1.42. The quantitative estimate of drug-likeness (QED) is 0.390. The van der Waals surface area contributed by atoms with E-state index in [1.165, 1.54) is 25.7 Å². The first-order chi connectivity index (χ1) is 7.81. The van der Waals surface area contributed by atoms with Crippen molar-refractivity contribution < 1.29 is 4.74 Å². The molecule has 2 heteroatoms. The molecule has 0 unspecified atom stereocenters. The molecule has 0 fully saturated rings. The molecule has 0 aliphatic rings. The molecule has 90 valence electrons. The van der Waals surface area contributed by atoms with Gasteiger partial charge in [0.15, 0.2) is 0 Å². The van der Waals surface area contributed by atoms with Crippen LogP contribution in [-0.4, -0.2) is 13.2 Å². The van der Waals surface area contributed by atoms with Crippen LogP contribution in [0.5, 0.6) is 0 Å². The summed E-state index contributed by atoms with van der Waals surface area (Å²) in [5, 5.41) is 8.32. The normalized spacial score (nSPS) is 9.69. The van der Waals surface area contributed by atoms with Crippen LogP contribution in [0.15, 0.2) is 24.8 Å². The number of hydrogen-bond donors (Lipinski definition) is 0. The number of allylic oxidation sites excluding steroid dienone is 1. The summed E-state index contributed by atoms with van der Waals surface area (Å²) >= 11 is 0. The molecule has 0 aliphatic carbocycles. The summed E-state index contributed by atoms with van der Waals surface area (Å²) in [5.74, 6) is 0. The first-order valence-corrected chi connectivity index (χ1v) is 6.03. The molecule has 0 aliphatic heterocycles. The van der Waals surface area contributed by atoms with Gasteiger partial charge in [0.2, 0.25) is 0 Å². The van der Waals surface area contributed by atoms with E-state index in [4.69, 9.17) is 10.00 Å². The van der Waals surface area contributed by atoms with Crippen LogP contribution in [-0.2, 0) is 4.74 Å². The summed E-state index contributed by atoms with van der Waals surface area (Å²) in [4.78, 5) is 0. The molecular weight excluding hydrogens is 198 g/mol. The highest BCUT2D eigenvalue weighted by Gasteiger charge is 1.95. The first kappa shape index (κ1) is 14.9. The Balaban J connectivity index is 3.18. The third-order valence-electron chi connectivity index (χ3n) is 2.35. The number of hydrogen-bond acceptors (Lipinski definition) is 2. The zero-order valence-corrected chi connectivity index (χ0v) is 10.2. The zero-order chi connectivity index (χ0) is 12.1. The third kappa shape index (κ3) is 11.0. The van der Waals surface area contributed by atoms with Crippen LogP contribution in [0.2, 0.25) is 0 Å². The summed E-state index contributed by atoms with van der Waals surface area (Å²) in [5.41, 5.74) is 1.14. The Morgan fingerprint density at radius 2 is 2.00 bits per heavy atom. The summed E-state index contributed by atoms with van der Waals surface area (Å²) in [6.45, 7) is 8.79. The van der Waals surface area contributed by atoms with Gasteiger partial charge in [-0.2, -0.15) is 5.26 Å². The fourth-order valence-corrected chi connectivity index (χ4v) is 1.42. The van der Waals surface area contributed by atoms with Gasteiger partial charge in [0.05, 0.1) is 25.7 Å². The molecule has 0 spiro atoms. The molecule has 0 bridgehead atoms. The van der Waals surface area contributed by atoms with Crippen LogP contribution in [0.25, 0.3) is 0 Å². The van der Waals surface area contributed by atoms with E-state index in [9.17, 15) is 0 Å². The largest absolute Gasteiger partial charge is 0.376 e. The Hall–Kier alpha value is -1.07. The Morgan fingerprint density at radius 3 is 2.69 bits per heavy atom. The molecule has 0 atom stereocenters. The fraction of sp³-hybridized carbons (Fsp3) is 0.643. The smallest absolute Gasteiger partial charge is 0.0674 e. The maximum absolute atomic E-state index is 8.32. The average Bonchev–Trinajstić information content (AvgIpc) is 2.29. The second kappa shape index (κ2) is 12.0. The van der Waals surface area contributed by atoms with Crippen LogP contribution in [0.3, 0.4) is 0 Å². The lowest BCUT2D eigenvalue weighted by Gasteiger charge is -2.05. The Labute approximate surface area is 99.6 Å². The van der Waals surface area contributed by atoms with Gasteiger partial charge in [0.1, 0.15) is 0 Å². The van der Waals surface area contributed by atoms with Gasteiger partial charge in [0.25, 0.3) is 0 Å². The van der Waals surface area contributed by atoms with Crippen molar-refractivity contribution in [1.29, 1.82) is 5.26 Å². The average molecular weight is 221 g/mol. The van der Waals surface area contributed by atoms with Crippen molar-refractivity contribution in [2.24, 2.45) is 0 Å². The van der Waals surface area contributed by atoms with Gasteiger partial charge >= 0.3 is 0 Å². The summed E-state index contributed by atoms with van der Waals surface area (Å²) < 4.78 is 5.30. The van der Waals surface area contributed by atoms with Crippen molar-refractivity contribution >= 4 is 0 Å². The summed E-state index contributed by atoms with van der Waals surface area (Å²) in [6, 6.07) is 2.05. The Bertz CT molecular complexity index is 227. The van der Waals surface area contributed by atoms with Crippen molar-refractivity contribution in [2.45, 2.75) is 44.9 Å². The van der Waals surface area contributed by atoms with Crippen LogP contribution in [0, 0.1) is 11.3 Å². The van der Waals surface area contributed by atoms with Gasteiger partial charge in [-0.05, 0) is 25.7 Å². The van der Waals surface area contributed by atoms with Crippen molar-refractivity contribution in [2.75, 3.05) is 13.2 Å². The van der Waals surface area contributed by atoms with Crippen molar-refractivity contribution in [3.63, 3.8) is 0 Å². The minimum absolute atomic E-state index is 0.467. The molecule has 0 aromatic carbocycles. The van der Waals surface area contributed by atoms with Crippen LogP contribution in [0.4, 0.5) is 0 Å². The topological polar surface area (TPSA) is 33.0 Å². The van der Waals surface area contributed by atoms with E-state index in [0.29, 0.717) is 19.6 Å². The number of nitrogens with zero attached hydrogens (tertiary/aromatic N) is 1. The van der Waals surface area contributed by atoms with Crippen molar-refractivity contribution in [3.05, 3.63) is 24.8 Å². The molecule has 0 saturated heterocycles. The Kier molecular flexibility index (Phi) is 11.2. The standard InChI is InChI=1S/C14H23NO/c1-3-4-5-6-7-8-10-14(2)13-16-12-9-11-15/h3H,1-2,4-10,12-13H2. The highest BCUT2D eigenvalue weighted by atomic mass is 16.5.